The quantitative estimate of drug-likeness (QED) is 0.778. The summed E-state index contributed by atoms with van der Waals surface area (Å²) >= 11 is 0. The Balaban J connectivity index is 1.73. The summed E-state index contributed by atoms with van der Waals surface area (Å²) in [6.45, 7) is 2.11. The van der Waals surface area contributed by atoms with E-state index in [2.05, 4.69) is 23.5 Å². The van der Waals surface area contributed by atoms with Gasteiger partial charge in [-0.25, -0.2) is 0 Å². The summed E-state index contributed by atoms with van der Waals surface area (Å²) in [5, 5.41) is 12.4. The molecule has 1 aromatic rings. The number of nitrogens with zero attached hydrogens (tertiary/aromatic N) is 2. The molecule has 1 saturated heterocycles. The second-order valence-corrected chi connectivity index (χ2v) is 5.73. The average molecular weight is 300 g/mol. The van der Waals surface area contributed by atoms with Crippen LogP contribution in [0.5, 0.6) is 0 Å². The highest BCUT2D eigenvalue weighted by Gasteiger charge is 2.29. The van der Waals surface area contributed by atoms with Crippen molar-refractivity contribution in [2.24, 2.45) is 5.73 Å². The Morgan fingerprint density at radius 1 is 1.41 bits per heavy atom. The smallest absolute Gasteiger partial charge is 0.240 e. The van der Waals surface area contributed by atoms with E-state index in [9.17, 15) is 4.79 Å². The van der Waals surface area contributed by atoms with Gasteiger partial charge in [-0.3, -0.25) is 4.79 Å². The second-order valence-electron chi connectivity index (χ2n) is 5.73. The number of hydrogen-bond donors (Lipinski definition) is 2. The third-order valence-electron chi connectivity index (χ3n) is 4.06. The van der Waals surface area contributed by atoms with Gasteiger partial charge in [0.15, 0.2) is 0 Å². The van der Waals surface area contributed by atoms with E-state index < -0.39 is 6.04 Å². The van der Waals surface area contributed by atoms with Gasteiger partial charge >= 0.3 is 0 Å². The highest BCUT2D eigenvalue weighted by Crippen LogP contribution is 2.17. The molecule has 1 amide bonds. The Hall–Kier alpha value is -1.90. The first kappa shape index (κ1) is 16.5. The average Bonchev–Trinajstić information content (AvgIpc) is 2.58. The van der Waals surface area contributed by atoms with E-state index in [0.29, 0.717) is 19.5 Å². The molecule has 1 aromatic carbocycles. The summed E-state index contributed by atoms with van der Waals surface area (Å²) in [5.41, 5.74) is 7.21. The zero-order valence-corrected chi connectivity index (χ0v) is 12.9. The van der Waals surface area contributed by atoms with Gasteiger partial charge in [0.1, 0.15) is 6.04 Å². The first-order chi connectivity index (χ1) is 10.7. The van der Waals surface area contributed by atoms with Gasteiger partial charge in [-0.1, -0.05) is 30.3 Å². The highest BCUT2D eigenvalue weighted by atomic mass is 16.2. The monoisotopic (exact) mass is 300 g/mol. The van der Waals surface area contributed by atoms with E-state index in [1.807, 2.05) is 18.2 Å². The molecule has 1 fully saturated rings. The predicted molar refractivity (Wildman–Crippen MR) is 85.7 cm³/mol. The van der Waals surface area contributed by atoms with Gasteiger partial charge in [0, 0.05) is 13.1 Å². The Bertz CT molecular complexity index is 511. The molecule has 1 aliphatic rings. The van der Waals surface area contributed by atoms with Crippen LogP contribution in [-0.4, -0.2) is 36.0 Å². The van der Waals surface area contributed by atoms with Crippen LogP contribution in [-0.2, 0) is 11.3 Å². The summed E-state index contributed by atoms with van der Waals surface area (Å²) in [6, 6.07) is 11.5. The van der Waals surface area contributed by atoms with E-state index >= 15 is 0 Å². The fraction of sp³-hybridized carbons (Fsp3) is 0.529. The Morgan fingerprint density at radius 3 is 2.91 bits per heavy atom. The van der Waals surface area contributed by atoms with Crippen molar-refractivity contribution >= 4 is 5.91 Å². The van der Waals surface area contributed by atoms with Crippen LogP contribution < -0.4 is 11.1 Å². The number of rotatable bonds is 6. The van der Waals surface area contributed by atoms with Crippen LogP contribution in [0, 0.1) is 11.3 Å². The van der Waals surface area contributed by atoms with E-state index in [4.69, 9.17) is 11.0 Å². The van der Waals surface area contributed by atoms with Crippen molar-refractivity contribution in [2.45, 2.75) is 44.3 Å². The molecule has 0 aliphatic carbocycles. The van der Waals surface area contributed by atoms with Crippen molar-refractivity contribution < 1.29 is 4.79 Å². The number of nitriles is 1. The summed E-state index contributed by atoms with van der Waals surface area (Å²) in [4.78, 5) is 14.0. The summed E-state index contributed by atoms with van der Waals surface area (Å²) in [6.07, 6.45) is 3.32. The summed E-state index contributed by atoms with van der Waals surface area (Å²) in [5.74, 6) is -0.0900. The third kappa shape index (κ3) is 4.55. The number of carbonyl (C=O) groups excluding carboxylic acids is 1. The zero-order valence-electron chi connectivity index (χ0n) is 12.9. The molecule has 0 spiro atoms. The lowest BCUT2D eigenvalue weighted by atomic mass is 10.0. The first-order valence-electron chi connectivity index (χ1n) is 7.92. The van der Waals surface area contributed by atoms with Crippen LogP contribution in [0.4, 0.5) is 0 Å². The number of amides is 1. The van der Waals surface area contributed by atoms with Gasteiger partial charge in [-0.05, 0) is 37.8 Å². The van der Waals surface area contributed by atoms with Crippen molar-refractivity contribution in [1.29, 1.82) is 5.26 Å². The first-order valence-corrected chi connectivity index (χ1v) is 7.92. The van der Waals surface area contributed by atoms with Gasteiger partial charge < -0.3 is 16.0 Å². The van der Waals surface area contributed by atoms with Gasteiger partial charge in [-0.15, -0.1) is 0 Å². The predicted octanol–water partition coefficient (Wildman–Crippen LogP) is 1.40. The maximum atomic E-state index is 12.4. The minimum Gasteiger partial charge on any atom is -0.325 e. The molecule has 5 nitrogen and oxygen atoms in total. The fourth-order valence-electron chi connectivity index (χ4n) is 2.75. The van der Waals surface area contributed by atoms with Crippen molar-refractivity contribution in [1.82, 2.24) is 10.2 Å². The lowest BCUT2D eigenvalue weighted by Crippen LogP contribution is -2.50. The number of hydrogen-bond acceptors (Lipinski definition) is 4. The molecule has 0 aromatic heterocycles. The van der Waals surface area contributed by atoms with Crippen LogP contribution in [0.1, 0.15) is 31.2 Å². The molecule has 1 heterocycles. The second kappa shape index (κ2) is 8.52. The number of likely N-dealkylation sites (tertiary alicyclic amines) is 1. The summed E-state index contributed by atoms with van der Waals surface area (Å²) in [7, 11) is 0. The maximum absolute atomic E-state index is 12.4. The van der Waals surface area contributed by atoms with Crippen molar-refractivity contribution in [3.05, 3.63) is 35.9 Å². The third-order valence-corrected chi connectivity index (χ3v) is 4.06. The highest BCUT2D eigenvalue weighted by molar-refractivity contribution is 5.82. The van der Waals surface area contributed by atoms with Crippen LogP contribution in [0.25, 0.3) is 0 Å². The zero-order chi connectivity index (χ0) is 15.8. The molecule has 118 valence electrons. The maximum Gasteiger partial charge on any atom is 0.240 e. The van der Waals surface area contributed by atoms with Gasteiger partial charge in [0.05, 0.1) is 12.1 Å². The molecule has 0 radical (unpaired) electrons. The van der Waals surface area contributed by atoms with Crippen LogP contribution in [0.2, 0.25) is 0 Å². The molecular formula is C17H24N4O. The van der Waals surface area contributed by atoms with Crippen LogP contribution in [0.3, 0.4) is 0 Å². The molecular weight excluding hydrogens is 276 g/mol. The molecule has 2 atom stereocenters. The van der Waals surface area contributed by atoms with Crippen LogP contribution >= 0.6 is 0 Å². The van der Waals surface area contributed by atoms with E-state index in [0.717, 1.165) is 25.8 Å². The molecule has 22 heavy (non-hydrogen) atoms. The molecule has 2 rings (SSSR count). The minimum atomic E-state index is -0.530. The fourth-order valence-corrected chi connectivity index (χ4v) is 2.75. The Kier molecular flexibility index (Phi) is 6.38. The van der Waals surface area contributed by atoms with E-state index in [1.54, 1.807) is 4.90 Å². The van der Waals surface area contributed by atoms with Crippen molar-refractivity contribution in [3.63, 3.8) is 0 Å². The van der Waals surface area contributed by atoms with Crippen molar-refractivity contribution in [2.75, 3.05) is 13.1 Å². The number of piperidine rings is 1. The standard InChI is InChI=1S/C17H24N4O/c18-12-15-8-4-5-11-21(15)17(22)16(19)9-10-20-13-14-6-2-1-3-7-14/h1-3,6-7,15-16,20H,4-5,8-11,13,19H2/t15-,16-/m0/s1. The van der Waals surface area contributed by atoms with Gasteiger partial charge in [-0.2, -0.15) is 5.26 Å². The largest absolute Gasteiger partial charge is 0.325 e. The molecule has 0 saturated carbocycles. The van der Waals surface area contributed by atoms with Crippen LogP contribution in [0.15, 0.2) is 30.3 Å². The Morgan fingerprint density at radius 2 is 2.18 bits per heavy atom. The van der Waals surface area contributed by atoms with E-state index in [-0.39, 0.29) is 11.9 Å². The minimum absolute atomic E-state index is 0.0900. The van der Waals surface area contributed by atoms with Gasteiger partial charge in [0.25, 0.3) is 0 Å². The van der Waals surface area contributed by atoms with Gasteiger partial charge in [0.2, 0.25) is 5.91 Å². The molecule has 5 heteroatoms. The molecule has 3 N–H and O–H groups in total. The number of nitrogens with two attached hydrogens (primary N) is 1. The Labute approximate surface area is 132 Å². The number of carbonyl (C=O) groups is 1. The lowest BCUT2D eigenvalue weighted by molar-refractivity contribution is -0.135. The molecule has 1 aliphatic heterocycles. The number of nitrogens with one attached hydrogen (secondary N) is 1. The van der Waals surface area contributed by atoms with Crippen molar-refractivity contribution in [3.8, 4) is 6.07 Å². The van der Waals surface area contributed by atoms with E-state index in [1.165, 1.54) is 5.56 Å². The summed E-state index contributed by atoms with van der Waals surface area (Å²) < 4.78 is 0. The topological polar surface area (TPSA) is 82.2 Å². The lowest BCUT2D eigenvalue weighted by Gasteiger charge is -2.33. The SMILES string of the molecule is N#C[C@@H]1CCCCN1C(=O)[C@@H](N)CCNCc1ccccc1. The number of benzene rings is 1. The molecule has 0 unspecified atom stereocenters. The molecule has 0 bridgehead atoms. The normalized spacial score (nSPS) is 19.5.